The van der Waals surface area contributed by atoms with E-state index in [1.54, 1.807) is 16.8 Å². The van der Waals surface area contributed by atoms with Crippen molar-refractivity contribution in [3.8, 4) is 0 Å². The van der Waals surface area contributed by atoms with Crippen LogP contribution in [0.4, 0.5) is 5.13 Å². The Balaban J connectivity index is 1.93. The quantitative estimate of drug-likeness (QED) is 0.854. The number of likely N-dealkylation sites (N-methyl/N-ethyl adjacent to an activating group) is 1. The molecule has 2 aromatic rings. The smallest absolute Gasteiger partial charge is 0.251 e. The van der Waals surface area contributed by atoms with Gasteiger partial charge in [-0.1, -0.05) is 37.3 Å². The predicted molar refractivity (Wildman–Crippen MR) is 97.2 cm³/mol. The maximum atomic E-state index is 13.2. The Bertz CT molecular complexity index is 723. The molecule has 0 aliphatic carbocycles. The van der Waals surface area contributed by atoms with Crippen LogP contribution in [0, 0.1) is 5.92 Å². The number of benzene rings is 1. The molecule has 0 saturated carbocycles. The second-order valence-corrected chi connectivity index (χ2v) is 7.73. The number of rotatable bonds is 4. The van der Waals surface area contributed by atoms with E-state index in [2.05, 4.69) is 18.8 Å². The Morgan fingerprint density at radius 3 is 2.88 bits per heavy atom. The van der Waals surface area contributed by atoms with Gasteiger partial charge in [0, 0.05) is 20.0 Å². The molecular formula is C18H23N3O2S. The Morgan fingerprint density at radius 2 is 2.17 bits per heavy atom. The van der Waals surface area contributed by atoms with E-state index in [1.165, 1.54) is 11.3 Å². The van der Waals surface area contributed by atoms with Gasteiger partial charge in [-0.2, -0.15) is 0 Å². The normalized spacial score (nSPS) is 18.4. The molecule has 0 N–H and O–H groups in total. The third-order valence-corrected chi connectivity index (χ3v) is 5.40. The second kappa shape index (κ2) is 6.89. The molecule has 1 aliphatic rings. The van der Waals surface area contributed by atoms with Gasteiger partial charge in [0.2, 0.25) is 5.91 Å². The summed E-state index contributed by atoms with van der Waals surface area (Å²) in [5, 5.41) is 0.723. The van der Waals surface area contributed by atoms with Crippen LogP contribution in [0.3, 0.4) is 0 Å². The molecule has 3 rings (SSSR count). The number of carbonyl (C=O) groups excluding carboxylic acids is 2. The lowest BCUT2D eigenvalue weighted by molar-refractivity contribution is -0.140. The molecule has 0 spiro atoms. The van der Waals surface area contributed by atoms with Gasteiger partial charge in [0.05, 0.1) is 10.2 Å². The highest BCUT2D eigenvalue weighted by atomic mass is 32.1. The van der Waals surface area contributed by atoms with Crippen LogP contribution in [0.2, 0.25) is 0 Å². The minimum atomic E-state index is -0.378. The van der Waals surface area contributed by atoms with Crippen molar-refractivity contribution in [2.45, 2.75) is 39.2 Å². The fourth-order valence-corrected chi connectivity index (χ4v) is 4.04. The summed E-state index contributed by atoms with van der Waals surface area (Å²) in [6.07, 6.45) is 2.03. The van der Waals surface area contributed by atoms with Crippen LogP contribution < -0.4 is 4.90 Å². The van der Waals surface area contributed by atoms with Gasteiger partial charge in [0.15, 0.2) is 5.13 Å². The van der Waals surface area contributed by atoms with Gasteiger partial charge in [0.25, 0.3) is 5.91 Å². The minimum absolute atomic E-state index is 0.0155. The van der Waals surface area contributed by atoms with Gasteiger partial charge in [-0.05, 0) is 30.9 Å². The highest BCUT2D eigenvalue weighted by molar-refractivity contribution is 7.22. The number of hydrogen-bond acceptors (Lipinski definition) is 4. The molecule has 1 atom stereocenters. The molecular weight excluding hydrogens is 322 g/mol. The Labute approximate surface area is 146 Å². The number of likely N-dealkylation sites (tertiary alicyclic amines) is 1. The lowest BCUT2D eigenvalue weighted by Crippen LogP contribution is -2.52. The summed E-state index contributed by atoms with van der Waals surface area (Å²) in [5.41, 5.74) is 0.909. The van der Waals surface area contributed by atoms with E-state index in [-0.39, 0.29) is 17.9 Å². The number of fused-ring (bicyclic) bond motifs is 1. The topological polar surface area (TPSA) is 53.5 Å². The van der Waals surface area contributed by atoms with Gasteiger partial charge >= 0.3 is 0 Å². The SMILES string of the molecule is CC(C)CN(C(=O)C1CCCC(=O)N1C)c1nc2ccccc2s1. The first kappa shape index (κ1) is 16.9. The van der Waals surface area contributed by atoms with E-state index in [9.17, 15) is 9.59 Å². The maximum absolute atomic E-state index is 13.2. The van der Waals surface area contributed by atoms with Crippen LogP contribution in [0.5, 0.6) is 0 Å². The predicted octanol–water partition coefficient (Wildman–Crippen LogP) is 3.30. The van der Waals surface area contributed by atoms with E-state index in [0.717, 1.165) is 28.2 Å². The first-order chi connectivity index (χ1) is 11.5. The number of anilines is 1. The summed E-state index contributed by atoms with van der Waals surface area (Å²) in [5.74, 6) is 0.359. The van der Waals surface area contributed by atoms with Gasteiger partial charge in [-0.15, -0.1) is 0 Å². The molecule has 1 aromatic heterocycles. The lowest BCUT2D eigenvalue weighted by atomic mass is 10.0. The molecule has 24 heavy (non-hydrogen) atoms. The number of para-hydroxylation sites is 1. The maximum Gasteiger partial charge on any atom is 0.251 e. The van der Waals surface area contributed by atoms with Crippen molar-refractivity contribution in [3.05, 3.63) is 24.3 Å². The molecule has 1 aliphatic heterocycles. The summed E-state index contributed by atoms with van der Waals surface area (Å²) in [6.45, 7) is 4.78. The molecule has 0 bridgehead atoms. The molecule has 2 amide bonds. The van der Waals surface area contributed by atoms with Gasteiger partial charge in [-0.25, -0.2) is 4.98 Å². The lowest BCUT2D eigenvalue weighted by Gasteiger charge is -2.35. The summed E-state index contributed by atoms with van der Waals surface area (Å²) in [7, 11) is 1.73. The molecule has 1 aromatic carbocycles. The molecule has 5 nitrogen and oxygen atoms in total. The number of nitrogens with zero attached hydrogens (tertiary/aromatic N) is 3. The zero-order chi connectivity index (χ0) is 17.3. The van der Waals surface area contributed by atoms with Gasteiger partial charge < -0.3 is 4.90 Å². The fraction of sp³-hybridized carbons (Fsp3) is 0.500. The summed E-state index contributed by atoms with van der Waals surface area (Å²) < 4.78 is 1.07. The standard InChI is InChI=1S/C18H23N3O2S/c1-12(2)11-21(17(23)14-8-6-10-16(22)20(14)3)18-19-13-7-4-5-9-15(13)24-18/h4-5,7,9,12,14H,6,8,10-11H2,1-3H3. The van der Waals surface area contributed by atoms with Crippen molar-refractivity contribution in [2.75, 3.05) is 18.5 Å². The fourth-order valence-electron chi connectivity index (χ4n) is 3.06. The average Bonchev–Trinajstić information content (AvgIpc) is 2.98. The highest BCUT2D eigenvalue weighted by Crippen LogP contribution is 2.31. The number of aromatic nitrogens is 1. The van der Waals surface area contributed by atoms with Crippen molar-refractivity contribution in [1.29, 1.82) is 0 Å². The largest absolute Gasteiger partial charge is 0.334 e. The number of amides is 2. The van der Waals surface area contributed by atoms with E-state index in [0.29, 0.717) is 18.9 Å². The molecule has 1 unspecified atom stereocenters. The minimum Gasteiger partial charge on any atom is -0.334 e. The number of thiazole rings is 1. The first-order valence-corrected chi connectivity index (χ1v) is 9.21. The summed E-state index contributed by atoms with van der Waals surface area (Å²) in [6, 6.07) is 7.53. The molecule has 1 saturated heterocycles. The number of hydrogen-bond donors (Lipinski definition) is 0. The number of piperidine rings is 1. The van der Waals surface area contributed by atoms with Crippen molar-refractivity contribution < 1.29 is 9.59 Å². The second-order valence-electron chi connectivity index (χ2n) is 6.72. The molecule has 1 fully saturated rings. The van der Waals surface area contributed by atoms with Crippen LogP contribution in [0.15, 0.2) is 24.3 Å². The van der Waals surface area contributed by atoms with Crippen molar-refractivity contribution in [1.82, 2.24) is 9.88 Å². The Hall–Kier alpha value is -1.95. The third-order valence-electron chi connectivity index (χ3n) is 4.34. The molecule has 0 radical (unpaired) electrons. The monoisotopic (exact) mass is 345 g/mol. The van der Waals surface area contributed by atoms with Gasteiger partial charge in [0.1, 0.15) is 6.04 Å². The van der Waals surface area contributed by atoms with E-state index in [4.69, 9.17) is 0 Å². The number of carbonyl (C=O) groups is 2. The Kier molecular flexibility index (Phi) is 4.85. The van der Waals surface area contributed by atoms with Crippen LogP contribution in [0.25, 0.3) is 10.2 Å². The summed E-state index contributed by atoms with van der Waals surface area (Å²) >= 11 is 1.53. The van der Waals surface area contributed by atoms with E-state index in [1.807, 2.05) is 24.3 Å². The molecule has 128 valence electrons. The molecule has 2 heterocycles. The first-order valence-electron chi connectivity index (χ1n) is 8.40. The van der Waals surface area contributed by atoms with Crippen LogP contribution in [0.1, 0.15) is 33.1 Å². The van der Waals surface area contributed by atoms with Crippen molar-refractivity contribution >= 4 is 38.5 Å². The van der Waals surface area contributed by atoms with Crippen LogP contribution in [-0.2, 0) is 9.59 Å². The van der Waals surface area contributed by atoms with Crippen LogP contribution >= 0.6 is 11.3 Å². The zero-order valence-corrected chi connectivity index (χ0v) is 15.2. The summed E-state index contributed by atoms with van der Waals surface area (Å²) in [4.78, 5) is 33.2. The van der Waals surface area contributed by atoms with Crippen molar-refractivity contribution in [2.24, 2.45) is 5.92 Å². The molecule has 6 heteroatoms. The highest BCUT2D eigenvalue weighted by Gasteiger charge is 2.35. The van der Waals surface area contributed by atoms with Gasteiger partial charge in [-0.3, -0.25) is 14.5 Å². The van der Waals surface area contributed by atoms with E-state index >= 15 is 0 Å². The average molecular weight is 345 g/mol. The van der Waals surface area contributed by atoms with E-state index < -0.39 is 0 Å². The zero-order valence-electron chi connectivity index (χ0n) is 14.4. The third kappa shape index (κ3) is 3.29. The van der Waals surface area contributed by atoms with Crippen molar-refractivity contribution in [3.63, 3.8) is 0 Å². The van der Waals surface area contributed by atoms with Crippen LogP contribution in [-0.4, -0.2) is 41.3 Å². The Morgan fingerprint density at radius 1 is 1.42 bits per heavy atom.